The summed E-state index contributed by atoms with van der Waals surface area (Å²) < 4.78 is 33.6. The predicted molar refractivity (Wildman–Crippen MR) is 127 cm³/mol. The number of nitrogens with one attached hydrogen (secondary N) is 2. The largest absolute Gasteiger partial charge is 0.495 e. The first-order chi connectivity index (χ1) is 15.2. The molecule has 168 valence electrons. The highest BCUT2D eigenvalue weighted by atomic mass is 35.5. The van der Waals surface area contributed by atoms with E-state index in [0.717, 1.165) is 5.56 Å². The van der Waals surface area contributed by atoms with E-state index in [2.05, 4.69) is 10.0 Å². The van der Waals surface area contributed by atoms with E-state index in [0.29, 0.717) is 16.5 Å². The lowest BCUT2D eigenvalue weighted by Crippen LogP contribution is -2.45. The van der Waals surface area contributed by atoms with Crippen molar-refractivity contribution in [2.24, 2.45) is 0 Å². The molecule has 0 aliphatic carbocycles. The van der Waals surface area contributed by atoms with Gasteiger partial charge in [-0.25, -0.2) is 8.42 Å². The third kappa shape index (κ3) is 6.15. The standard InChI is InChI=1S/C22H19Cl3N2O4S/c1-31-21-10-8-16(13-18(21)25)32(29,30)27-20(11-14-5-3-2-4-6-14)22(28)26-19-9-7-15(23)12-17(19)24/h2-10,12-13,20,27H,11H2,1H3,(H,26,28). The summed E-state index contributed by atoms with van der Waals surface area (Å²) in [5.41, 5.74) is 1.08. The highest BCUT2D eigenvalue weighted by molar-refractivity contribution is 7.89. The molecular formula is C22H19Cl3N2O4S. The van der Waals surface area contributed by atoms with Crippen molar-refractivity contribution >= 4 is 56.4 Å². The van der Waals surface area contributed by atoms with Crippen LogP contribution in [0.1, 0.15) is 5.56 Å². The zero-order valence-corrected chi connectivity index (χ0v) is 19.9. The maximum atomic E-state index is 13.1. The van der Waals surface area contributed by atoms with Crippen molar-refractivity contribution in [1.82, 2.24) is 4.72 Å². The Bertz CT molecular complexity index is 1220. The van der Waals surface area contributed by atoms with E-state index in [9.17, 15) is 13.2 Å². The Morgan fingerprint density at radius 3 is 2.31 bits per heavy atom. The number of rotatable bonds is 8. The van der Waals surface area contributed by atoms with E-state index < -0.39 is 22.0 Å². The van der Waals surface area contributed by atoms with Crippen LogP contribution < -0.4 is 14.8 Å². The van der Waals surface area contributed by atoms with Gasteiger partial charge < -0.3 is 10.1 Å². The minimum absolute atomic E-state index is 0.0984. The molecule has 10 heteroatoms. The maximum absolute atomic E-state index is 13.1. The molecule has 1 unspecified atom stereocenters. The number of anilines is 1. The van der Waals surface area contributed by atoms with Crippen LogP contribution in [-0.2, 0) is 21.2 Å². The number of carbonyl (C=O) groups is 1. The lowest BCUT2D eigenvalue weighted by molar-refractivity contribution is -0.117. The third-order valence-corrected chi connectivity index (χ3v) is 6.83. The number of hydrogen-bond acceptors (Lipinski definition) is 4. The summed E-state index contributed by atoms with van der Waals surface area (Å²) in [6.07, 6.45) is 0.112. The van der Waals surface area contributed by atoms with Crippen LogP contribution in [0.15, 0.2) is 71.6 Å². The van der Waals surface area contributed by atoms with Crippen LogP contribution in [-0.4, -0.2) is 27.5 Å². The van der Waals surface area contributed by atoms with E-state index in [4.69, 9.17) is 39.5 Å². The predicted octanol–water partition coefficient (Wildman–Crippen LogP) is 5.18. The van der Waals surface area contributed by atoms with E-state index in [-0.39, 0.29) is 21.4 Å². The van der Waals surface area contributed by atoms with Gasteiger partial charge in [0, 0.05) is 5.02 Å². The number of carbonyl (C=O) groups excluding carboxylic acids is 1. The second-order valence-corrected chi connectivity index (χ2v) is 9.74. The van der Waals surface area contributed by atoms with Crippen LogP contribution in [0.4, 0.5) is 5.69 Å². The average molecular weight is 514 g/mol. The van der Waals surface area contributed by atoms with Crippen molar-refractivity contribution in [3.05, 3.63) is 87.4 Å². The van der Waals surface area contributed by atoms with Crippen molar-refractivity contribution in [3.63, 3.8) is 0 Å². The van der Waals surface area contributed by atoms with Gasteiger partial charge in [0.1, 0.15) is 11.8 Å². The molecule has 0 aliphatic rings. The number of methoxy groups -OCH3 is 1. The molecule has 0 bridgehead atoms. The number of benzene rings is 3. The molecule has 0 fully saturated rings. The van der Waals surface area contributed by atoms with Crippen molar-refractivity contribution in [2.75, 3.05) is 12.4 Å². The number of halogens is 3. The highest BCUT2D eigenvalue weighted by Crippen LogP contribution is 2.28. The quantitative estimate of drug-likeness (QED) is 0.434. The molecule has 0 saturated heterocycles. The number of hydrogen-bond donors (Lipinski definition) is 2. The Labute approximate surface area is 201 Å². The Morgan fingerprint density at radius 1 is 0.969 bits per heavy atom. The van der Waals surface area contributed by atoms with Crippen molar-refractivity contribution in [1.29, 1.82) is 0 Å². The molecule has 0 spiro atoms. The van der Waals surface area contributed by atoms with Gasteiger partial charge in [0.25, 0.3) is 0 Å². The SMILES string of the molecule is COc1ccc(S(=O)(=O)NC(Cc2ccccc2)C(=O)Nc2ccc(Cl)cc2Cl)cc1Cl. The van der Waals surface area contributed by atoms with Crippen LogP contribution in [0, 0.1) is 0 Å². The maximum Gasteiger partial charge on any atom is 0.242 e. The van der Waals surface area contributed by atoms with Gasteiger partial charge >= 0.3 is 0 Å². The van der Waals surface area contributed by atoms with E-state index in [1.165, 1.54) is 31.4 Å². The highest BCUT2D eigenvalue weighted by Gasteiger charge is 2.27. The summed E-state index contributed by atoms with van der Waals surface area (Å²) in [5.74, 6) is -0.247. The Balaban J connectivity index is 1.89. The second kappa shape index (κ2) is 10.6. The van der Waals surface area contributed by atoms with Crippen LogP contribution >= 0.6 is 34.8 Å². The number of ether oxygens (including phenoxy) is 1. The molecule has 0 saturated carbocycles. The Morgan fingerprint density at radius 2 is 1.69 bits per heavy atom. The molecule has 0 heterocycles. The summed E-state index contributed by atoms with van der Waals surface area (Å²) in [4.78, 5) is 13.0. The molecule has 1 atom stereocenters. The van der Waals surface area contributed by atoms with Gasteiger partial charge in [0.05, 0.1) is 27.7 Å². The van der Waals surface area contributed by atoms with E-state index in [1.54, 1.807) is 36.4 Å². The molecular weight excluding hydrogens is 495 g/mol. The summed E-state index contributed by atoms with van der Waals surface area (Å²) in [5, 5.41) is 3.43. The summed E-state index contributed by atoms with van der Waals surface area (Å²) >= 11 is 18.1. The minimum atomic E-state index is -4.09. The normalized spacial score (nSPS) is 12.2. The molecule has 0 aromatic heterocycles. The molecule has 6 nitrogen and oxygen atoms in total. The van der Waals surface area contributed by atoms with Gasteiger partial charge in [0.15, 0.2) is 0 Å². The van der Waals surface area contributed by atoms with Gasteiger partial charge in [-0.15, -0.1) is 0 Å². The number of sulfonamides is 1. The summed E-state index contributed by atoms with van der Waals surface area (Å²) in [7, 11) is -2.66. The molecule has 1 amide bonds. The average Bonchev–Trinajstić information content (AvgIpc) is 2.75. The van der Waals surface area contributed by atoms with Crippen molar-refractivity contribution in [3.8, 4) is 5.75 Å². The molecule has 3 rings (SSSR count). The molecule has 32 heavy (non-hydrogen) atoms. The van der Waals surface area contributed by atoms with Gasteiger partial charge in [0.2, 0.25) is 15.9 Å². The monoisotopic (exact) mass is 512 g/mol. The Kier molecular flexibility index (Phi) is 8.03. The zero-order chi connectivity index (χ0) is 23.3. The first-order valence-electron chi connectivity index (χ1n) is 9.35. The first kappa shape index (κ1) is 24.4. The van der Waals surface area contributed by atoms with Gasteiger partial charge in [-0.05, 0) is 48.4 Å². The van der Waals surface area contributed by atoms with Crippen LogP contribution in [0.5, 0.6) is 5.75 Å². The molecule has 3 aromatic rings. The van der Waals surface area contributed by atoms with Gasteiger partial charge in [-0.3, -0.25) is 4.79 Å². The summed E-state index contributed by atoms with van der Waals surface area (Å²) in [6.45, 7) is 0. The van der Waals surface area contributed by atoms with E-state index >= 15 is 0 Å². The fourth-order valence-corrected chi connectivity index (χ4v) is 4.92. The first-order valence-corrected chi connectivity index (χ1v) is 12.0. The lowest BCUT2D eigenvalue weighted by atomic mass is 10.1. The van der Waals surface area contributed by atoms with E-state index in [1.807, 2.05) is 6.07 Å². The third-order valence-electron chi connectivity index (χ3n) is 4.52. The second-order valence-electron chi connectivity index (χ2n) is 6.77. The van der Waals surface area contributed by atoms with Crippen LogP contribution in [0.25, 0.3) is 0 Å². The molecule has 3 aromatic carbocycles. The zero-order valence-electron chi connectivity index (χ0n) is 16.8. The number of amides is 1. The van der Waals surface area contributed by atoms with Crippen molar-refractivity contribution < 1.29 is 17.9 Å². The van der Waals surface area contributed by atoms with Crippen LogP contribution in [0.2, 0.25) is 15.1 Å². The fraction of sp³-hybridized carbons (Fsp3) is 0.136. The van der Waals surface area contributed by atoms with Crippen LogP contribution in [0.3, 0.4) is 0 Å². The molecule has 2 N–H and O–H groups in total. The van der Waals surface area contributed by atoms with Crippen molar-refractivity contribution in [2.45, 2.75) is 17.4 Å². The minimum Gasteiger partial charge on any atom is -0.495 e. The molecule has 0 aliphatic heterocycles. The smallest absolute Gasteiger partial charge is 0.242 e. The topological polar surface area (TPSA) is 84.5 Å². The summed E-state index contributed by atoms with van der Waals surface area (Å²) in [6, 6.07) is 16.5. The fourth-order valence-electron chi connectivity index (χ4n) is 2.92. The van der Waals surface area contributed by atoms with Gasteiger partial charge in [-0.2, -0.15) is 4.72 Å². The Hall–Kier alpha value is -2.29. The molecule has 0 radical (unpaired) electrons. The van der Waals surface area contributed by atoms with Gasteiger partial charge in [-0.1, -0.05) is 65.1 Å². The lowest BCUT2D eigenvalue weighted by Gasteiger charge is -2.19.